The Morgan fingerprint density at radius 3 is 2.68 bits per heavy atom. The lowest BCUT2D eigenvalue weighted by molar-refractivity contribution is -0.124. The van der Waals surface area contributed by atoms with Gasteiger partial charge in [0.15, 0.2) is 0 Å². The van der Waals surface area contributed by atoms with Crippen LogP contribution in [0.25, 0.3) is 0 Å². The SMILES string of the molecule is CNCC(C)C(=O)NCc1cccc(NC(C)=O)c1. The van der Waals surface area contributed by atoms with Crippen LogP contribution in [0.3, 0.4) is 0 Å². The molecule has 3 N–H and O–H groups in total. The van der Waals surface area contributed by atoms with Crippen LogP contribution in [-0.4, -0.2) is 25.4 Å². The van der Waals surface area contributed by atoms with Crippen molar-refractivity contribution in [1.29, 1.82) is 0 Å². The van der Waals surface area contributed by atoms with Gasteiger partial charge in [-0.3, -0.25) is 9.59 Å². The molecule has 0 spiro atoms. The van der Waals surface area contributed by atoms with Crippen molar-refractivity contribution in [2.45, 2.75) is 20.4 Å². The lowest BCUT2D eigenvalue weighted by atomic mass is 10.1. The molecule has 0 bridgehead atoms. The molecule has 2 amide bonds. The summed E-state index contributed by atoms with van der Waals surface area (Å²) in [7, 11) is 1.82. The summed E-state index contributed by atoms with van der Waals surface area (Å²) in [6.45, 7) is 4.45. The van der Waals surface area contributed by atoms with Crippen molar-refractivity contribution in [1.82, 2.24) is 10.6 Å². The second-order valence-corrected chi connectivity index (χ2v) is 4.56. The number of amides is 2. The predicted octanol–water partition coefficient (Wildman–Crippen LogP) is 1.12. The third-order valence-electron chi connectivity index (χ3n) is 2.67. The Balaban J connectivity index is 2.53. The van der Waals surface area contributed by atoms with E-state index in [0.717, 1.165) is 11.3 Å². The summed E-state index contributed by atoms with van der Waals surface area (Å²) < 4.78 is 0. The van der Waals surface area contributed by atoms with Crippen molar-refractivity contribution in [2.24, 2.45) is 5.92 Å². The summed E-state index contributed by atoms with van der Waals surface area (Å²) in [4.78, 5) is 22.7. The van der Waals surface area contributed by atoms with Gasteiger partial charge in [0, 0.05) is 31.6 Å². The molecule has 0 fully saturated rings. The Bertz CT molecular complexity index is 446. The zero-order chi connectivity index (χ0) is 14.3. The second-order valence-electron chi connectivity index (χ2n) is 4.56. The molecule has 0 aromatic heterocycles. The van der Waals surface area contributed by atoms with Crippen LogP contribution in [0.5, 0.6) is 0 Å². The molecule has 0 aliphatic heterocycles. The maximum absolute atomic E-state index is 11.7. The number of hydrogen-bond acceptors (Lipinski definition) is 3. The fraction of sp³-hybridized carbons (Fsp3) is 0.429. The molecule has 104 valence electrons. The minimum atomic E-state index is -0.108. The van der Waals surface area contributed by atoms with Gasteiger partial charge in [0.05, 0.1) is 0 Å². The lowest BCUT2D eigenvalue weighted by Crippen LogP contribution is -2.33. The van der Waals surface area contributed by atoms with Gasteiger partial charge in [-0.05, 0) is 24.7 Å². The molecule has 5 heteroatoms. The summed E-state index contributed by atoms with van der Waals surface area (Å²) in [5.41, 5.74) is 1.69. The minimum absolute atomic E-state index is 0.0132. The van der Waals surface area contributed by atoms with Crippen molar-refractivity contribution < 1.29 is 9.59 Å². The van der Waals surface area contributed by atoms with Crippen LogP contribution in [0.15, 0.2) is 24.3 Å². The zero-order valence-electron chi connectivity index (χ0n) is 11.6. The van der Waals surface area contributed by atoms with E-state index >= 15 is 0 Å². The standard InChI is InChI=1S/C14H21N3O2/c1-10(8-15-3)14(19)16-9-12-5-4-6-13(7-12)17-11(2)18/h4-7,10,15H,8-9H2,1-3H3,(H,16,19)(H,17,18). The largest absolute Gasteiger partial charge is 0.352 e. The van der Waals surface area contributed by atoms with E-state index in [1.807, 2.05) is 38.2 Å². The smallest absolute Gasteiger partial charge is 0.224 e. The number of anilines is 1. The van der Waals surface area contributed by atoms with Gasteiger partial charge in [0.25, 0.3) is 0 Å². The van der Waals surface area contributed by atoms with Gasteiger partial charge in [-0.15, -0.1) is 0 Å². The van der Waals surface area contributed by atoms with Gasteiger partial charge in [0.2, 0.25) is 11.8 Å². The number of nitrogens with one attached hydrogen (secondary N) is 3. The van der Waals surface area contributed by atoms with Gasteiger partial charge < -0.3 is 16.0 Å². The number of carbonyl (C=O) groups is 2. The van der Waals surface area contributed by atoms with Gasteiger partial charge in [-0.25, -0.2) is 0 Å². The third kappa shape index (κ3) is 5.52. The van der Waals surface area contributed by atoms with Gasteiger partial charge >= 0.3 is 0 Å². The summed E-state index contributed by atoms with van der Waals surface area (Å²) in [5.74, 6) is -0.161. The van der Waals surface area contributed by atoms with Crippen LogP contribution in [-0.2, 0) is 16.1 Å². The molecule has 1 rings (SSSR count). The van der Waals surface area contributed by atoms with Crippen LogP contribution >= 0.6 is 0 Å². The molecule has 1 aromatic rings. The Hall–Kier alpha value is -1.88. The quantitative estimate of drug-likeness (QED) is 0.720. The second kappa shape index (κ2) is 7.53. The minimum Gasteiger partial charge on any atom is -0.352 e. The first-order chi connectivity index (χ1) is 9.02. The summed E-state index contributed by atoms with van der Waals surface area (Å²) >= 11 is 0. The molecule has 5 nitrogen and oxygen atoms in total. The van der Waals surface area contributed by atoms with Crippen LogP contribution in [0.4, 0.5) is 5.69 Å². The molecule has 0 radical (unpaired) electrons. The van der Waals surface area contributed by atoms with E-state index in [1.54, 1.807) is 0 Å². The number of rotatable bonds is 6. The molecule has 19 heavy (non-hydrogen) atoms. The van der Waals surface area contributed by atoms with E-state index in [2.05, 4.69) is 16.0 Å². The molecule has 0 heterocycles. The van der Waals surface area contributed by atoms with E-state index < -0.39 is 0 Å². The first kappa shape index (κ1) is 15.2. The highest BCUT2D eigenvalue weighted by Gasteiger charge is 2.10. The fourth-order valence-electron chi connectivity index (χ4n) is 1.72. The monoisotopic (exact) mass is 263 g/mol. The Morgan fingerprint density at radius 1 is 1.32 bits per heavy atom. The highest BCUT2D eigenvalue weighted by Crippen LogP contribution is 2.10. The molecular formula is C14H21N3O2. The van der Waals surface area contributed by atoms with Gasteiger partial charge in [-0.2, -0.15) is 0 Å². The topological polar surface area (TPSA) is 70.2 Å². The van der Waals surface area contributed by atoms with E-state index in [1.165, 1.54) is 6.92 Å². The van der Waals surface area contributed by atoms with Crippen LogP contribution < -0.4 is 16.0 Å². The number of benzene rings is 1. The predicted molar refractivity (Wildman–Crippen MR) is 75.7 cm³/mol. The first-order valence-corrected chi connectivity index (χ1v) is 6.31. The molecule has 1 unspecified atom stereocenters. The summed E-state index contributed by atoms with van der Waals surface area (Å²) in [6.07, 6.45) is 0. The number of carbonyl (C=O) groups excluding carboxylic acids is 2. The molecule has 0 aliphatic carbocycles. The molecule has 0 aliphatic rings. The van der Waals surface area contributed by atoms with Crippen LogP contribution in [0, 0.1) is 5.92 Å². The van der Waals surface area contributed by atoms with Crippen LogP contribution in [0.1, 0.15) is 19.4 Å². The number of hydrogen-bond donors (Lipinski definition) is 3. The normalized spacial score (nSPS) is 11.7. The average Bonchev–Trinajstić information content (AvgIpc) is 2.36. The molecule has 1 aromatic carbocycles. The molecule has 0 saturated carbocycles. The molecule has 0 saturated heterocycles. The van der Waals surface area contributed by atoms with Crippen LogP contribution in [0.2, 0.25) is 0 Å². The fourth-order valence-corrected chi connectivity index (χ4v) is 1.72. The molecule has 1 atom stereocenters. The Labute approximate surface area is 113 Å². The van der Waals surface area contributed by atoms with E-state index in [4.69, 9.17) is 0 Å². The maximum atomic E-state index is 11.7. The summed E-state index contributed by atoms with van der Waals surface area (Å²) in [6, 6.07) is 7.43. The van der Waals surface area contributed by atoms with Crippen molar-refractivity contribution in [3.05, 3.63) is 29.8 Å². The highest BCUT2D eigenvalue weighted by atomic mass is 16.2. The van der Waals surface area contributed by atoms with E-state index in [0.29, 0.717) is 13.1 Å². The van der Waals surface area contributed by atoms with Crippen molar-refractivity contribution >= 4 is 17.5 Å². The Morgan fingerprint density at radius 2 is 2.05 bits per heavy atom. The Kier molecular flexibility index (Phi) is 6.02. The zero-order valence-corrected chi connectivity index (χ0v) is 11.6. The average molecular weight is 263 g/mol. The summed E-state index contributed by atoms with van der Waals surface area (Å²) in [5, 5.41) is 8.56. The van der Waals surface area contributed by atoms with Gasteiger partial charge in [0.1, 0.15) is 0 Å². The maximum Gasteiger partial charge on any atom is 0.224 e. The third-order valence-corrected chi connectivity index (χ3v) is 2.67. The highest BCUT2D eigenvalue weighted by molar-refractivity contribution is 5.88. The van der Waals surface area contributed by atoms with Gasteiger partial charge in [-0.1, -0.05) is 19.1 Å². The van der Waals surface area contributed by atoms with Crippen molar-refractivity contribution in [3.8, 4) is 0 Å². The molecular weight excluding hydrogens is 242 g/mol. The van der Waals surface area contributed by atoms with Crippen molar-refractivity contribution in [3.63, 3.8) is 0 Å². The van der Waals surface area contributed by atoms with E-state index in [9.17, 15) is 9.59 Å². The van der Waals surface area contributed by atoms with Crippen molar-refractivity contribution in [2.75, 3.05) is 18.9 Å². The lowest BCUT2D eigenvalue weighted by Gasteiger charge is -2.12. The van der Waals surface area contributed by atoms with E-state index in [-0.39, 0.29) is 17.7 Å². The first-order valence-electron chi connectivity index (χ1n) is 6.31.